The summed E-state index contributed by atoms with van der Waals surface area (Å²) in [7, 11) is 4.94. The Bertz CT molecular complexity index is 726. The van der Waals surface area contributed by atoms with E-state index in [0.29, 0.717) is 23.1 Å². The number of carbonyl (C=O) groups is 1. The Kier molecular flexibility index (Phi) is 6.27. The number of methoxy groups -OCH3 is 2. The Hall–Kier alpha value is -2.46. The van der Waals surface area contributed by atoms with Crippen LogP contribution in [0.5, 0.6) is 11.5 Å². The second-order valence-corrected chi connectivity index (χ2v) is 5.70. The maximum absolute atomic E-state index is 12.3. The smallest absolute Gasteiger partial charge is 0.246 e. The molecule has 0 unspecified atom stereocenters. The minimum absolute atomic E-state index is 0.0946. The van der Waals surface area contributed by atoms with Gasteiger partial charge in [-0.1, -0.05) is 23.7 Å². The zero-order chi connectivity index (χ0) is 17.5. The van der Waals surface area contributed by atoms with Gasteiger partial charge in [-0.05, 0) is 35.9 Å². The Morgan fingerprint density at radius 1 is 1.12 bits per heavy atom. The van der Waals surface area contributed by atoms with Crippen LogP contribution in [0.1, 0.15) is 11.1 Å². The third-order valence-electron chi connectivity index (χ3n) is 3.56. The third kappa shape index (κ3) is 4.77. The van der Waals surface area contributed by atoms with E-state index in [2.05, 4.69) is 0 Å². The predicted octanol–water partition coefficient (Wildman–Crippen LogP) is 4.03. The summed E-state index contributed by atoms with van der Waals surface area (Å²) in [6, 6.07) is 12.9. The molecule has 2 aromatic carbocycles. The molecule has 0 bridgehead atoms. The predicted molar refractivity (Wildman–Crippen MR) is 96.5 cm³/mol. The number of hydrogen-bond donors (Lipinski definition) is 0. The van der Waals surface area contributed by atoms with Gasteiger partial charge in [-0.15, -0.1) is 0 Å². The van der Waals surface area contributed by atoms with Crippen LogP contribution in [0.25, 0.3) is 6.08 Å². The summed E-state index contributed by atoms with van der Waals surface area (Å²) in [5.74, 6) is 1.26. The van der Waals surface area contributed by atoms with Crippen molar-refractivity contribution in [3.05, 3.63) is 64.7 Å². The Balaban J connectivity index is 2.05. The molecule has 0 aromatic heterocycles. The number of amides is 1. The summed E-state index contributed by atoms with van der Waals surface area (Å²) in [5, 5.41) is 0.680. The number of ether oxygens (including phenoxy) is 2. The van der Waals surface area contributed by atoms with E-state index in [9.17, 15) is 4.79 Å². The van der Waals surface area contributed by atoms with Crippen molar-refractivity contribution in [2.75, 3.05) is 21.3 Å². The summed E-state index contributed by atoms with van der Waals surface area (Å²) in [6.45, 7) is 0.514. The summed E-state index contributed by atoms with van der Waals surface area (Å²) in [5.41, 5.74) is 1.83. The maximum atomic E-state index is 12.3. The molecule has 24 heavy (non-hydrogen) atoms. The summed E-state index contributed by atoms with van der Waals surface area (Å²) in [6.07, 6.45) is 3.26. The Labute approximate surface area is 147 Å². The van der Waals surface area contributed by atoms with Gasteiger partial charge >= 0.3 is 0 Å². The largest absolute Gasteiger partial charge is 0.497 e. The van der Waals surface area contributed by atoms with Crippen LogP contribution in [-0.2, 0) is 11.3 Å². The molecule has 1 amide bonds. The molecule has 0 heterocycles. The van der Waals surface area contributed by atoms with E-state index in [1.807, 2.05) is 36.4 Å². The monoisotopic (exact) mass is 345 g/mol. The van der Waals surface area contributed by atoms with Gasteiger partial charge in [0.2, 0.25) is 5.91 Å². The van der Waals surface area contributed by atoms with E-state index in [0.717, 1.165) is 11.1 Å². The number of carbonyl (C=O) groups excluding carboxylic acids is 1. The minimum Gasteiger partial charge on any atom is -0.497 e. The summed E-state index contributed by atoms with van der Waals surface area (Å²) >= 11 is 5.87. The van der Waals surface area contributed by atoms with E-state index >= 15 is 0 Å². The van der Waals surface area contributed by atoms with Gasteiger partial charge in [0.25, 0.3) is 0 Å². The van der Waals surface area contributed by atoms with Crippen molar-refractivity contribution in [2.45, 2.75) is 6.54 Å². The number of hydrogen-bond acceptors (Lipinski definition) is 3. The van der Waals surface area contributed by atoms with Gasteiger partial charge < -0.3 is 14.4 Å². The highest BCUT2D eigenvalue weighted by atomic mass is 35.5. The highest BCUT2D eigenvalue weighted by molar-refractivity contribution is 6.30. The van der Waals surface area contributed by atoms with Gasteiger partial charge in [0.05, 0.1) is 14.2 Å². The van der Waals surface area contributed by atoms with Crippen LogP contribution in [0.4, 0.5) is 0 Å². The molecule has 2 aromatic rings. The lowest BCUT2D eigenvalue weighted by atomic mass is 10.1. The van der Waals surface area contributed by atoms with Crippen molar-refractivity contribution in [1.82, 2.24) is 4.90 Å². The number of benzene rings is 2. The number of nitrogens with zero attached hydrogens (tertiary/aromatic N) is 1. The molecular formula is C19H20ClNO3. The SMILES string of the molecule is COc1ccc(/C=C/C(=O)N(C)Cc2ccc(Cl)cc2)c(OC)c1. The molecule has 0 aliphatic heterocycles. The van der Waals surface area contributed by atoms with E-state index in [1.54, 1.807) is 38.3 Å². The highest BCUT2D eigenvalue weighted by Crippen LogP contribution is 2.25. The number of likely N-dealkylation sites (N-methyl/N-ethyl adjacent to an activating group) is 1. The van der Waals surface area contributed by atoms with Crippen molar-refractivity contribution in [1.29, 1.82) is 0 Å². The van der Waals surface area contributed by atoms with Crippen molar-refractivity contribution < 1.29 is 14.3 Å². The average molecular weight is 346 g/mol. The minimum atomic E-state index is -0.0946. The molecule has 2 rings (SSSR count). The molecular weight excluding hydrogens is 326 g/mol. The van der Waals surface area contributed by atoms with Gasteiger partial charge in [-0.3, -0.25) is 4.79 Å². The fourth-order valence-electron chi connectivity index (χ4n) is 2.19. The molecule has 5 heteroatoms. The van der Waals surface area contributed by atoms with E-state index in [1.165, 1.54) is 6.08 Å². The van der Waals surface area contributed by atoms with Crippen molar-refractivity contribution >= 4 is 23.6 Å². The lowest BCUT2D eigenvalue weighted by molar-refractivity contribution is -0.125. The van der Waals surface area contributed by atoms with Crippen LogP contribution in [-0.4, -0.2) is 32.1 Å². The van der Waals surface area contributed by atoms with Crippen LogP contribution >= 0.6 is 11.6 Å². The van der Waals surface area contributed by atoms with Crippen molar-refractivity contribution in [2.24, 2.45) is 0 Å². The first-order valence-electron chi connectivity index (χ1n) is 7.43. The second kappa shape index (κ2) is 8.41. The first-order valence-corrected chi connectivity index (χ1v) is 7.81. The number of rotatable bonds is 6. The second-order valence-electron chi connectivity index (χ2n) is 5.26. The molecule has 0 radical (unpaired) electrons. The zero-order valence-electron chi connectivity index (χ0n) is 14.0. The van der Waals surface area contributed by atoms with Crippen LogP contribution in [0.2, 0.25) is 5.02 Å². The molecule has 126 valence electrons. The maximum Gasteiger partial charge on any atom is 0.246 e. The van der Waals surface area contributed by atoms with Gasteiger partial charge in [0.1, 0.15) is 11.5 Å². The third-order valence-corrected chi connectivity index (χ3v) is 3.81. The molecule has 0 saturated carbocycles. The van der Waals surface area contributed by atoms with Gasteiger partial charge in [-0.25, -0.2) is 0 Å². The molecule has 0 N–H and O–H groups in total. The molecule has 4 nitrogen and oxygen atoms in total. The summed E-state index contributed by atoms with van der Waals surface area (Å²) in [4.78, 5) is 13.9. The summed E-state index contributed by atoms with van der Waals surface area (Å²) < 4.78 is 10.5. The first kappa shape index (κ1) is 17.9. The topological polar surface area (TPSA) is 38.8 Å². The molecule has 0 saturated heterocycles. The van der Waals surface area contributed by atoms with E-state index in [4.69, 9.17) is 21.1 Å². The quantitative estimate of drug-likeness (QED) is 0.742. The molecule has 0 fully saturated rings. The van der Waals surface area contributed by atoms with Gasteiger partial charge in [0, 0.05) is 36.3 Å². The fraction of sp³-hybridized carbons (Fsp3) is 0.211. The molecule has 0 spiro atoms. The standard InChI is InChI=1S/C19H20ClNO3/c1-21(13-14-4-8-16(20)9-5-14)19(22)11-7-15-6-10-17(23-2)12-18(15)24-3/h4-12H,13H2,1-3H3/b11-7+. The average Bonchev–Trinajstić information content (AvgIpc) is 2.61. The van der Waals surface area contributed by atoms with Crippen molar-refractivity contribution in [3.8, 4) is 11.5 Å². The highest BCUT2D eigenvalue weighted by Gasteiger charge is 2.07. The van der Waals surface area contributed by atoms with Crippen LogP contribution in [0.15, 0.2) is 48.5 Å². The molecule has 0 atom stereocenters. The number of halogens is 1. The van der Waals surface area contributed by atoms with Gasteiger partial charge in [-0.2, -0.15) is 0 Å². The van der Waals surface area contributed by atoms with Crippen LogP contribution in [0, 0.1) is 0 Å². The molecule has 0 aliphatic carbocycles. The van der Waals surface area contributed by atoms with Crippen molar-refractivity contribution in [3.63, 3.8) is 0 Å². The fourth-order valence-corrected chi connectivity index (χ4v) is 2.31. The Morgan fingerprint density at radius 2 is 1.83 bits per heavy atom. The molecule has 0 aliphatic rings. The van der Waals surface area contributed by atoms with Crippen LogP contribution < -0.4 is 9.47 Å². The lowest BCUT2D eigenvalue weighted by Crippen LogP contribution is -2.24. The van der Waals surface area contributed by atoms with Crippen LogP contribution in [0.3, 0.4) is 0 Å². The van der Waals surface area contributed by atoms with Gasteiger partial charge in [0.15, 0.2) is 0 Å². The zero-order valence-corrected chi connectivity index (χ0v) is 14.7. The van der Waals surface area contributed by atoms with E-state index in [-0.39, 0.29) is 5.91 Å². The normalized spacial score (nSPS) is 10.7. The Morgan fingerprint density at radius 3 is 2.46 bits per heavy atom. The van der Waals surface area contributed by atoms with E-state index < -0.39 is 0 Å². The lowest BCUT2D eigenvalue weighted by Gasteiger charge is -2.15. The first-order chi connectivity index (χ1) is 11.5.